The van der Waals surface area contributed by atoms with Gasteiger partial charge >= 0.3 is 0 Å². The molecule has 0 N–H and O–H groups in total. The second-order valence-electron chi connectivity index (χ2n) is 2.71. The van der Waals surface area contributed by atoms with Gasteiger partial charge in [0.25, 0.3) is 11.8 Å². The molecule has 4 nitrogen and oxygen atoms in total. The van der Waals surface area contributed by atoms with Crippen molar-refractivity contribution in [1.82, 2.24) is 5.06 Å². The minimum atomic E-state index is -0.865. The van der Waals surface area contributed by atoms with Crippen LogP contribution < -0.4 is 0 Å². The standard InChI is InChI=1S/C6H9NO3/c1-6(2)4(8)7(10-3)5(6)9/h1-3H3. The van der Waals surface area contributed by atoms with Crippen LogP contribution >= 0.6 is 0 Å². The summed E-state index contributed by atoms with van der Waals surface area (Å²) in [5.41, 5.74) is -0.865. The smallest absolute Gasteiger partial charge is 0.268 e. The first-order valence-corrected chi connectivity index (χ1v) is 2.95. The molecule has 0 aromatic heterocycles. The number of rotatable bonds is 1. The van der Waals surface area contributed by atoms with Gasteiger partial charge in [-0.05, 0) is 13.8 Å². The van der Waals surface area contributed by atoms with Crippen LogP contribution in [0.2, 0.25) is 0 Å². The van der Waals surface area contributed by atoms with E-state index in [0.29, 0.717) is 0 Å². The van der Waals surface area contributed by atoms with E-state index in [1.54, 1.807) is 13.8 Å². The Morgan fingerprint density at radius 2 is 1.70 bits per heavy atom. The highest BCUT2D eigenvalue weighted by Crippen LogP contribution is 2.31. The van der Waals surface area contributed by atoms with Gasteiger partial charge in [0.15, 0.2) is 0 Å². The summed E-state index contributed by atoms with van der Waals surface area (Å²) < 4.78 is 0. The van der Waals surface area contributed by atoms with Crippen molar-refractivity contribution in [3.05, 3.63) is 0 Å². The first kappa shape index (κ1) is 7.21. The minimum absolute atomic E-state index is 0.278. The predicted molar refractivity (Wildman–Crippen MR) is 32.6 cm³/mol. The monoisotopic (exact) mass is 143 g/mol. The zero-order chi connectivity index (χ0) is 7.94. The van der Waals surface area contributed by atoms with E-state index < -0.39 is 5.41 Å². The molecule has 56 valence electrons. The number of imide groups is 1. The largest absolute Gasteiger partial charge is 0.271 e. The Bertz CT molecular complexity index is 179. The van der Waals surface area contributed by atoms with E-state index >= 15 is 0 Å². The van der Waals surface area contributed by atoms with E-state index in [-0.39, 0.29) is 11.8 Å². The van der Waals surface area contributed by atoms with Gasteiger partial charge in [-0.2, -0.15) is 5.06 Å². The second kappa shape index (κ2) is 1.79. The average molecular weight is 143 g/mol. The molecule has 0 saturated carbocycles. The Hall–Kier alpha value is -0.900. The van der Waals surface area contributed by atoms with E-state index in [1.165, 1.54) is 7.11 Å². The van der Waals surface area contributed by atoms with E-state index in [2.05, 4.69) is 4.84 Å². The lowest BCUT2D eigenvalue weighted by Gasteiger charge is -2.38. The Balaban J connectivity index is 2.78. The molecule has 0 atom stereocenters. The molecule has 0 aromatic rings. The number of nitrogens with zero attached hydrogens (tertiary/aromatic N) is 1. The fourth-order valence-electron chi connectivity index (χ4n) is 0.804. The van der Waals surface area contributed by atoms with Gasteiger partial charge in [0.1, 0.15) is 5.41 Å². The summed E-state index contributed by atoms with van der Waals surface area (Å²) in [6.45, 7) is 3.15. The molecule has 2 amide bonds. The van der Waals surface area contributed by atoms with Gasteiger partial charge in [-0.1, -0.05) is 0 Å². The van der Waals surface area contributed by atoms with Gasteiger partial charge in [-0.3, -0.25) is 14.4 Å². The van der Waals surface area contributed by atoms with Gasteiger partial charge in [-0.15, -0.1) is 0 Å². The highest BCUT2D eigenvalue weighted by molar-refractivity contribution is 6.19. The molecule has 10 heavy (non-hydrogen) atoms. The molecule has 1 fully saturated rings. The third-order valence-electron chi connectivity index (χ3n) is 1.62. The van der Waals surface area contributed by atoms with Gasteiger partial charge < -0.3 is 0 Å². The molecular weight excluding hydrogens is 134 g/mol. The Morgan fingerprint density at radius 3 is 1.90 bits per heavy atom. The SMILES string of the molecule is CON1C(=O)C(C)(C)C1=O. The molecule has 1 heterocycles. The van der Waals surface area contributed by atoms with Crippen LogP contribution in [0.1, 0.15) is 13.8 Å². The highest BCUT2D eigenvalue weighted by atomic mass is 16.7. The van der Waals surface area contributed by atoms with Crippen molar-refractivity contribution < 1.29 is 14.4 Å². The molecule has 1 saturated heterocycles. The van der Waals surface area contributed by atoms with Crippen LogP contribution in [0.15, 0.2) is 0 Å². The number of hydrogen-bond donors (Lipinski definition) is 0. The van der Waals surface area contributed by atoms with Crippen molar-refractivity contribution in [3.63, 3.8) is 0 Å². The maximum atomic E-state index is 10.9. The van der Waals surface area contributed by atoms with E-state index in [1.807, 2.05) is 0 Å². The molecule has 4 heteroatoms. The quantitative estimate of drug-likeness (QED) is 0.381. The molecule has 0 unspecified atom stereocenters. The molecule has 0 aliphatic carbocycles. The summed E-state index contributed by atoms with van der Waals surface area (Å²) in [4.78, 5) is 26.3. The molecule has 0 aromatic carbocycles. The molecule has 0 radical (unpaired) electrons. The summed E-state index contributed by atoms with van der Waals surface area (Å²) in [6, 6.07) is 0. The lowest BCUT2D eigenvalue weighted by Crippen LogP contribution is -2.62. The van der Waals surface area contributed by atoms with Crippen LogP contribution in [0.3, 0.4) is 0 Å². The second-order valence-corrected chi connectivity index (χ2v) is 2.71. The van der Waals surface area contributed by atoms with Crippen molar-refractivity contribution in [2.75, 3.05) is 7.11 Å². The molecule has 1 aliphatic rings. The fraction of sp³-hybridized carbons (Fsp3) is 0.667. The number of hydroxylamine groups is 2. The summed E-state index contributed by atoms with van der Waals surface area (Å²) in [5.74, 6) is -0.556. The Kier molecular flexibility index (Phi) is 1.29. The van der Waals surface area contributed by atoms with Crippen LogP contribution in [0.25, 0.3) is 0 Å². The fourth-order valence-corrected chi connectivity index (χ4v) is 0.804. The van der Waals surface area contributed by atoms with Crippen LogP contribution in [0, 0.1) is 5.41 Å². The maximum absolute atomic E-state index is 10.9. The van der Waals surface area contributed by atoms with Crippen molar-refractivity contribution in [2.45, 2.75) is 13.8 Å². The van der Waals surface area contributed by atoms with Gasteiger partial charge in [0.2, 0.25) is 0 Å². The van der Waals surface area contributed by atoms with Crippen LogP contribution in [0.5, 0.6) is 0 Å². The minimum Gasteiger partial charge on any atom is -0.271 e. The van der Waals surface area contributed by atoms with Crippen LogP contribution in [0.4, 0.5) is 0 Å². The highest BCUT2D eigenvalue weighted by Gasteiger charge is 2.55. The van der Waals surface area contributed by atoms with Gasteiger partial charge in [-0.25, -0.2) is 0 Å². The van der Waals surface area contributed by atoms with Gasteiger partial charge in [0, 0.05) is 0 Å². The molecule has 0 spiro atoms. The molecular formula is C6H9NO3. The van der Waals surface area contributed by atoms with Crippen molar-refractivity contribution in [1.29, 1.82) is 0 Å². The summed E-state index contributed by atoms with van der Waals surface area (Å²) in [6.07, 6.45) is 0. The lowest BCUT2D eigenvalue weighted by molar-refractivity contribution is -0.221. The van der Waals surface area contributed by atoms with E-state index in [0.717, 1.165) is 5.06 Å². The van der Waals surface area contributed by atoms with Crippen LogP contribution in [-0.2, 0) is 14.4 Å². The Labute approximate surface area is 58.7 Å². The predicted octanol–water partition coefficient (Wildman–Crippen LogP) is -0.0572. The maximum Gasteiger partial charge on any atom is 0.268 e. The van der Waals surface area contributed by atoms with Crippen molar-refractivity contribution in [3.8, 4) is 0 Å². The molecule has 1 rings (SSSR count). The summed E-state index contributed by atoms with van der Waals surface area (Å²) in [5, 5.41) is 0.764. The van der Waals surface area contributed by atoms with Crippen molar-refractivity contribution >= 4 is 11.8 Å². The average Bonchev–Trinajstić information content (AvgIpc) is 1.89. The number of carbonyl (C=O) groups excluding carboxylic acids is 2. The number of hydrogen-bond acceptors (Lipinski definition) is 3. The Morgan fingerprint density at radius 1 is 1.30 bits per heavy atom. The third-order valence-corrected chi connectivity index (χ3v) is 1.62. The van der Waals surface area contributed by atoms with Gasteiger partial charge in [0.05, 0.1) is 7.11 Å². The number of β-lactam (4-membered cyclic amide) rings is 2. The third kappa shape index (κ3) is 0.593. The first-order valence-electron chi connectivity index (χ1n) is 2.95. The topological polar surface area (TPSA) is 46.6 Å². The normalized spacial score (nSPS) is 22.9. The van der Waals surface area contributed by atoms with E-state index in [9.17, 15) is 9.59 Å². The summed E-state index contributed by atoms with van der Waals surface area (Å²) >= 11 is 0. The zero-order valence-corrected chi connectivity index (χ0v) is 6.17. The molecule has 0 bridgehead atoms. The van der Waals surface area contributed by atoms with E-state index in [4.69, 9.17) is 0 Å². The van der Waals surface area contributed by atoms with Crippen LogP contribution in [-0.4, -0.2) is 24.0 Å². The van der Waals surface area contributed by atoms with Crippen molar-refractivity contribution in [2.24, 2.45) is 5.41 Å². The first-order chi connectivity index (χ1) is 4.51. The number of carbonyl (C=O) groups is 2. The zero-order valence-electron chi connectivity index (χ0n) is 6.17. The number of amides is 2. The molecule has 1 aliphatic heterocycles. The lowest BCUT2D eigenvalue weighted by atomic mass is 9.84. The summed E-state index contributed by atoms with van der Waals surface area (Å²) in [7, 11) is 1.30.